The van der Waals surface area contributed by atoms with Crippen molar-refractivity contribution in [2.75, 3.05) is 26.2 Å². The van der Waals surface area contributed by atoms with Crippen LogP contribution in [0.1, 0.15) is 18.5 Å². The van der Waals surface area contributed by atoms with Gasteiger partial charge in [-0.2, -0.15) is 0 Å². The Labute approximate surface area is 130 Å². The Kier molecular flexibility index (Phi) is 4.48. The van der Waals surface area contributed by atoms with Crippen LogP contribution in [-0.2, 0) is 11.3 Å². The van der Waals surface area contributed by atoms with Crippen molar-refractivity contribution in [1.29, 1.82) is 0 Å². The van der Waals surface area contributed by atoms with Gasteiger partial charge < -0.3 is 4.90 Å². The number of aromatic nitrogens is 3. The highest BCUT2D eigenvalue weighted by molar-refractivity contribution is 5.76. The third kappa shape index (κ3) is 3.33. The first-order chi connectivity index (χ1) is 10.7. The topological polar surface area (TPSA) is 54.3 Å². The summed E-state index contributed by atoms with van der Waals surface area (Å²) in [5, 5.41) is 7.57. The molecular formula is C16H21N5O. The Morgan fingerprint density at radius 3 is 2.55 bits per heavy atom. The van der Waals surface area contributed by atoms with E-state index >= 15 is 0 Å². The molecule has 116 valence electrons. The quantitative estimate of drug-likeness (QED) is 0.851. The van der Waals surface area contributed by atoms with E-state index in [4.69, 9.17) is 0 Å². The van der Waals surface area contributed by atoms with E-state index in [-0.39, 0.29) is 12.5 Å². The van der Waals surface area contributed by atoms with Gasteiger partial charge in [-0.05, 0) is 12.5 Å². The van der Waals surface area contributed by atoms with Gasteiger partial charge in [-0.3, -0.25) is 9.69 Å². The van der Waals surface area contributed by atoms with Crippen LogP contribution in [0.25, 0.3) is 0 Å². The minimum atomic E-state index is 0.109. The van der Waals surface area contributed by atoms with Gasteiger partial charge in [0.15, 0.2) is 0 Å². The van der Waals surface area contributed by atoms with Crippen LogP contribution in [0.2, 0.25) is 0 Å². The average Bonchev–Trinajstić information content (AvgIpc) is 3.08. The second kappa shape index (κ2) is 6.70. The fraction of sp³-hybridized carbons (Fsp3) is 0.438. The summed E-state index contributed by atoms with van der Waals surface area (Å²) in [5.41, 5.74) is 1.32. The molecule has 0 spiro atoms. The summed E-state index contributed by atoms with van der Waals surface area (Å²) in [7, 11) is 0. The molecular weight excluding hydrogens is 278 g/mol. The molecule has 1 saturated heterocycles. The van der Waals surface area contributed by atoms with Crippen molar-refractivity contribution in [2.24, 2.45) is 0 Å². The average molecular weight is 299 g/mol. The Balaban J connectivity index is 1.53. The predicted molar refractivity (Wildman–Crippen MR) is 83.0 cm³/mol. The van der Waals surface area contributed by atoms with Gasteiger partial charge in [0.1, 0.15) is 6.54 Å². The van der Waals surface area contributed by atoms with Crippen molar-refractivity contribution in [3.63, 3.8) is 0 Å². The molecule has 1 aromatic carbocycles. The lowest BCUT2D eigenvalue weighted by atomic mass is 10.1. The smallest absolute Gasteiger partial charge is 0.244 e. The maximum atomic E-state index is 12.2. The molecule has 1 unspecified atom stereocenters. The van der Waals surface area contributed by atoms with Gasteiger partial charge in [0, 0.05) is 38.4 Å². The zero-order chi connectivity index (χ0) is 15.4. The number of amides is 1. The Bertz CT molecular complexity index is 590. The molecule has 1 atom stereocenters. The Morgan fingerprint density at radius 2 is 1.91 bits per heavy atom. The van der Waals surface area contributed by atoms with Gasteiger partial charge in [-0.15, -0.1) is 5.10 Å². The van der Waals surface area contributed by atoms with E-state index in [0.717, 1.165) is 26.2 Å². The number of hydrogen-bond acceptors (Lipinski definition) is 4. The molecule has 3 rings (SSSR count). The minimum absolute atomic E-state index is 0.109. The molecule has 6 nitrogen and oxygen atoms in total. The number of piperazine rings is 1. The van der Waals surface area contributed by atoms with E-state index in [0.29, 0.717) is 6.04 Å². The number of carbonyl (C=O) groups excluding carboxylic acids is 1. The van der Waals surface area contributed by atoms with Crippen LogP contribution in [0.4, 0.5) is 0 Å². The molecule has 0 saturated carbocycles. The van der Waals surface area contributed by atoms with Crippen LogP contribution >= 0.6 is 0 Å². The van der Waals surface area contributed by atoms with Gasteiger partial charge in [0.05, 0.1) is 6.20 Å². The van der Waals surface area contributed by atoms with Crippen LogP contribution in [0, 0.1) is 0 Å². The lowest BCUT2D eigenvalue weighted by Crippen LogP contribution is -2.50. The number of carbonyl (C=O) groups is 1. The SMILES string of the molecule is CC(c1ccccc1)N1CCN(C(=O)Cn2ccnn2)CC1. The largest absolute Gasteiger partial charge is 0.339 e. The van der Waals surface area contributed by atoms with Crippen LogP contribution < -0.4 is 0 Å². The maximum absolute atomic E-state index is 12.2. The summed E-state index contributed by atoms with van der Waals surface area (Å²) in [4.78, 5) is 16.6. The zero-order valence-electron chi connectivity index (χ0n) is 12.8. The first kappa shape index (κ1) is 14.7. The number of nitrogens with zero attached hydrogens (tertiary/aromatic N) is 5. The number of benzene rings is 1. The summed E-state index contributed by atoms with van der Waals surface area (Å²) in [6.07, 6.45) is 3.30. The summed E-state index contributed by atoms with van der Waals surface area (Å²) in [6, 6.07) is 10.9. The Hall–Kier alpha value is -2.21. The van der Waals surface area contributed by atoms with Crippen molar-refractivity contribution < 1.29 is 4.79 Å². The molecule has 22 heavy (non-hydrogen) atoms. The molecule has 2 aromatic rings. The zero-order valence-corrected chi connectivity index (χ0v) is 12.8. The van der Waals surface area contributed by atoms with Crippen molar-refractivity contribution in [2.45, 2.75) is 19.5 Å². The molecule has 1 aliphatic heterocycles. The predicted octanol–water partition coefficient (Wildman–Crippen LogP) is 1.18. The lowest BCUT2D eigenvalue weighted by Gasteiger charge is -2.38. The highest BCUT2D eigenvalue weighted by Gasteiger charge is 2.24. The number of rotatable bonds is 4. The first-order valence-corrected chi connectivity index (χ1v) is 7.65. The molecule has 0 radical (unpaired) electrons. The second-order valence-corrected chi connectivity index (χ2v) is 5.60. The fourth-order valence-electron chi connectivity index (χ4n) is 2.86. The third-order valence-electron chi connectivity index (χ3n) is 4.27. The van der Waals surface area contributed by atoms with Gasteiger partial charge >= 0.3 is 0 Å². The molecule has 0 bridgehead atoms. The summed E-state index contributed by atoms with van der Waals surface area (Å²) in [6.45, 7) is 5.84. The second-order valence-electron chi connectivity index (χ2n) is 5.60. The van der Waals surface area contributed by atoms with Gasteiger partial charge in [-0.25, -0.2) is 4.68 Å². The van der Waals surface area contributed by atoms with Gasteiger partial charge in [-0.1, -0.05) is 35.5 Å². The third-order valence-corrected chi connectivity index (χ3v) is 4.27. The van der Waals surface area contributed by atoms with Crippen LogP contribution in [0.15, 0.2) is 42.7 Å². The van der Waals surface area contributed by atoms with Crippen molar-refractivity contribution in [3.8, 4) is 0 Å². The lowest BCUT2D eigenvalue weighted by molar-refractivity contribution is -0.134. The van der Waals surface area contributed by atoms with E-state index in [2.05, 4.69) is 46.4 Å². The Morgan fingerprint density at radius 1 is 1.18 bits per heavy atom. The van der Waals surface area contributed by atoms with E-state index < -0.39 is 0 Å². The van der Waals surface area contributed by atoms with Crippen LogP contribution in [0.3, 0.4) is 0 Å². The summed E-state index contributed by atoms with van der Waals surface area (Å²) in [5.74, 6) is 0.109. The van der Waals surface area contributed by atoms with E-state index in [1.165, 1.54) is 5.56 Å². The molecule has 2 heterocycles. The fourth-order valence-corrected chi connectivity index (χ4v) is 2.86. The van der Waals surface area contributed by atoms with Gasteiger partial charge in [0.2, 0.25) is 5.91 Å². The number of hydrogen-bond donors (Lipinski definition) is 0. The normalized spacial score (nSPS) is 17.4. The molecule has 1 aromatic heterocycles. The van der Waals surface area contributed by atoms with Gasteiger partial charge in [0.25, 0.3) is 0 Å². The molecule has 6 heteroatoms. The summed E-state index contributed by atoms with van der Waals surface area (Å²) >= 11 is 0. The van der Waals surface area contributed by atoms with E-state index in [9.17, 15) is 4.79 Å². The monoisotopic (exact) mass is 299 g/mol. The highest BCUT2D eigenvalue weighted by Crippen LogP contribution is 2.21. The molecule has 0 aliphatic carbocycles. The van der Waals surface area contributed by atoms with Crippen molar-refractivity contribution in [3.05, 3.63) is 48.3 Å². The highest BCUT2D eigenvalue weighted by atomic mass is 16.2. The standard InChI is InChI=1S/C16H21N5O/c1-14(15-5-3-2-4-6-15)19-9-11-20(12-10-19)16(22)13-21-8-7-17-18-21/h2-8,14H,9-13H2,1H3. The van der Waals surface area contributed by atoms with E-state index in [1.54, 1.807) is 17.1 Å². The van der Waals surface area contributed by atoms with Crippen LogP contribution in [-0.4, -0.2) is 56.9 Å². The van der Waals surface area contributed by atoms with E-state index in [1.807, 2.05) is 11.0 Å². The molecule has 0 N–H and O–H groups in total. The molecule has 1 amide bonds. The van der Waals surface area contributed by atoms with Crippen molar-refractivity contribution >= 4 is 5.91 Å². The maximum Gasteiger partial charge on any atom is 0.244 e. The van der Waals surface area contributed by atoms with Crippen molar-refractivity contribution in [1.82, 2.24) is 24.8 Å². The van der Waals surface area contributed by atoms with Crippen LogP contribution in [0.5, 0.6) is 0 Å². The first-order valence-electron chi connectivity index (χ1n) is 7.65. The minimum Gasteiger partial charge on any atom is -0.339 e. The molecule has 1 aliphatic rings. The molecule has 1 fully saturated rings. The summed E-state index contributed by atoms with van der Waals surface area (Å²) < 4.78 is 1.57.